The monoisotopic (exact) mass is 166 g/mol. The van der Waals surface area contributed by atoms with Crippen molar-refractivity contribution in [1.29, 1.82) is 0 Å². The molecule has 0 fully saturated rings. The molecule has 0 spiro atoms. The van der Waals surface area contributed by atoms with Crippen molar-refractivity contribution < 1.29 is 17.9 Å². The minimum atomic E-state index is -4.51. The molecule has 11 heavy (non-hydrogen) atoms. The smallest absolute Gasteiger partial charge is 0.481 e. The summed E-state index contributed by atoms with van der Waals surface area (Å²) in [4.78, 5) is 0. The van der Waals surface area contributed by atoms with E-state index in [9.17, 15) is 13.2 Å². The van der Waals surface area contributed by atoms with Crippen LogP contribution >= 0.6 is 0 Å². The van der Waals surface area contributed by atoms with E-state index in [2.05, 4.69) is 9.84 Å². The van der Waals surface area contributed by atoms with Crippen LogP contribution in [0, 0.1) is 0 Å². The van der Waals surface area contributed by atoms with Crippen LogP contribution in [0.1, 0.15) is 0 Å². The third-order valence-corrected chi connectivity index (χ3v) is 1.06. The Morgan fingerprint density at radius 2 is 2.18 bits per heavy atom. The van der Waals surface area contributed by atoms with Crippen LogP contribution in [0.4, 0.5) is 13.2 Å². The quantitative estimate of drug-likeness (QED) is 0.629. The predicted octanol–water partition coefficient (Wildman–Crippen LogP) is 1.37. The van der Waals surface area contributed by atoms with E-state index in [1.165, 1.54) is 0 Å². The van der Waals surface area contributed by atoms with E-state index in [-0.39, 0.29) is 10.6 Å². The summed E-state index contributed by atoms with van der Waals surface area (Å²) in [6.07, 6.45) is -3.48. The maximum Gasteiger partial charge on any atom is 0.507 e. The van der Waals surface area contributed by atoms with Gasteiger partial charge in [-0.1, -0.05) is 0 Å². The van der Waals surface area contributed by atoms with Gasteiger partial charge in [0, 0.05) is 6.07 Å². The van der Waals surface area contributed by atoms with E-state index in [1.807, 2.05) is 0 Å². The molecule has 0 N–H and O–H groups in total. The zero-order chi connectivity index (χ0) is 8.48. The van der Waals surface area contributed by atoms with Crippen LogP contribution in [0.15, 0.2) is 12.3 Å². The largest absolute Gasteiger partial charge is 0.507 e. The molecule has 1 rings (SSSR count). The van der Waals surface area contributed by atoms with Crippen LogP contribution in [0.2, 0.25) is 0 Å². The van der Waals surface area contributed by atoms with E-state index in [0.717, 1.165) is 19.4 Å². The number of ether oxygens (including phenoxy) is 1. The molecule has 0 amide bonds. The first-order valence-corrected chi connectivity index (χ1v) is 2.71. The second-order valence-corrected chi connectivity index (χ2v) is 1.75. The Balaban J connectivity index is 3.02. The van der Waals surface area contributed by atoms with Crippen molar-refractivity contribution >= 4 is 0 Å². The van der Waals surface area contributed by atoms with E-state index < -0.39 is 6.30 Å². The normalized spacial score (nSPS) is 11.6. The molecule has 0 saturated carbocycles. The summed E-state index contributed by atoms with van der Waals surface area (Å²) in [6.45, 7) is 0. The lowest BCUT2D eigenvalue weighted by Crippen LogP contribution is -2.18. The molecule has 0 bridgehead atoms. The maximum atomic E-state index is 11.9. The van der Waals surface area contributed by atoms with Crippen molar-refractivity contribution in [3.63, 3.8) is 0 Å². The summed E-state index contributed by atoms with van der Waals surface area (Å²) >= 11 is 0. The molecule has 1 aromatic rings. The molecule has 0 saturated heterocycles. The van der Waals surface area contributed by atoms with Crippen LogP contribution in [0.5, 0.6) is 5.88 Å². The Bertz CT molecular complexity index is 242. The zero-order valence-corrected chi connectivity index (χ0v) is 5.59. The molecule has 0 aliphatic heterocycles. The Morgan fingerprint density at radius 1 is 1.55 bits per heavy atom. The first-order valence-electron chi connectivity index (χ1n) is 2.71. The van der Waals surface area contributed by atoms with Crippen molar-refractivity contribution in [3.8, 4) is 5.88 Å². The molecule has 0 aliphatic rings. The molecular weight excluding hydrogens is 161 g/mol. The number of alkyl halides is 3. The van der Waals surface area contributed by atoms with Crippen molar-refractivity contribution in [2.75, 3.05) is 7.11 Å². The fourth-order valence-electron chi connectivity index (χ4n) is 0.636. The number of rotatable bonds is 1. The van der Waals surface area contributed by atoms with E-state index in [1.54, 1.807) is 0 Å². The molecular formula is C5H5F3N2O. The molecule has 6 heteroatoms. The average Bonchev–Trinajstić information content (AvgIpc) is 2.31. The number of aromatic nitrogens is 2. The summed E-state index contributed by atoms with van der Waals surface area (Å²) in [5.41, 5.74) is 0. The lowest BCUT2D eigenvalue weighted by Gasteiger charge is -2.08. The molecule has 0 radical (unpaired) electrons. The summed E-state index contributed by atoms with van der Waals surface area (Å²) < 4.78 is 39.9. The van der Waals surface area contributed by atoms with Gasteiger partial charge in [-0.2, -0.15) is 5.10 Å². The number of hydrogen-bond donors (Lipinski definition) is 0. The Hall–Kier alpha value is -1.20. The zero-order valence-electron chi connectivity index (χ0n) is 5.59. The van der Waals surface area contributed by atoms with E-state index >= 15 is 0 Å². The molecule has 0 aromatic carbocycles. The minimum absolute atomic E-state index is 0.146. The number of hydrogen-bond acceptors (Lipinski definition) is 2. The van der Waals surface area contributed by atoms with Gasteiger partial charge in [-0.15, -0.1) is 17.9 Å². The third-order valence-electron chi connectivity index (χ3n) is 1.06. The van der Waals surface area contributed by atoms with Gasteiger partial charge in [-0.25, -0.2) is 0 Å². The van der Waals surface area contributed by atoms with Crippen molar-refractivity contribution in [2.45, 2.75) is 6.30 Å². The van der Waals surface area contributed by atoms with Crippen LogP contribution in [-0.2, 0) is 6.30 Å². The van der Waals surface area contributed by atoms with Gasteiger partial charge in [0.2, 0.25) is 5.88 Å². The van der Waals surface area contributed by atoms with Gasteiger partial charge in [0.05, 0.1) is 13.3 Å². The highest BCUT2D eigenvalue weighted by molar-refractivity contribution is 5.07. The van der Waals surface area contributed by atoms with Crippen molar-refractivity contribution in [2.24, 2.45) is 0 Å². The third kappa shape index (κ3) is 1.44. The fourth-order valence-corrected chi connectivity index (χ4v) is 0.636. The predicted molar refractivity (Wildman–Crippen MR) is 30.1 cm³/mol. The number of halogens is 3. The van der Waals surface area contributed by atoms with Gasteiger partial charge in [0.15, 0.2) is 0 Å². The van der Waals surface area contributed by atoms with Crippen LogP contribution in [0.3, 0.4) is 0 Å². The van der Waals surface area contributed by atoms with Gasteiger partial charge in [0.1, 0.15) is 0 Å². The second kappa shape index (κ2) is 2.44. The highest BCUT2D eigenvalue weighted by atomic mass is 19.4. The Labute approximate surface area is 60.4 Å². The lowest BCUT2D eigenvalue weighted by atomic mass is 10.7. The molecule has 62 valence electrons. The van der Waals surface area contributed by atoms with Gasteiger partial charge < -0.3 is 4.74 Å². The SMILES string of the molecule is COc1ccnn1C(F)(F)F. The highest BCUT2D eigenvalue weighted by Crippen LogP contribution is 2.26. The topological polar surface area (TPSA) is 27.1 Å². The van der Waals surface area contributed by atoms with Crippen LogP contribution in [-0.4, -0.2) is 16.9 Å². The second-order valence-electron chi connectivity index (χ2n) is 1.75. The summed E-state index contributed by atoms with van der Waals surface area (Å²) in [5, 5.41) is 3.02. The molecule has 0 aliphatic carbocycles. The first-order chi connectivity index (χ1) is 5.05. The van der Waals surface area contributed by atoms with Crippen LogP contribution < -0.4 is 4.74 Å². The van der Waals surface area contributed by atoms with Gasteiger partial charge in [0.25, 0.3) is 0 Å². The van der Waals surface area contributed by atoms with E-state index in [4.69, 9.17) is 0 Å². The number of methoxy groups -OCH3 is 1. The average molecular weight is 166 g/mol. The number of nitrogens with zero attached hydrogens (tertiary/aromatic N) is 2. The standard InChI is InChI=1S/C5H5F3N2O/c1-11-4-2-3-9-10(4)5(6,7)8/h2-3H,1H3. The summed E-state index contributed by atoms with van der Waals surface area (Å²) in [6, 6.07) is 1.13. The minimum Gasteiger partial charge on any atom is -0.481 e. The molecule has 0 unspecified atom stereocenters. The first kappa shape index (κ1) is 7.90. The molecule has 3 nitrogen and oxygen atoms in total. The van der Waals surface area contributed by atoms with Gasteiger partial charge in [-0.05, 0) is 0 Å². The van der Waals surface area contributed by atoms with Gasteiger partial charge in [-0.3, -0.25) is 0 Å². The highest BCUT2D eigenvalue weighted by Gasteiger charge is 2.34. The lowest BCUT2D eigenvalue weighted by molar-refractivity contribution is -0.214. The Kier molecular flexibility index (Phi) is 1.76. The van der Waals surface area contributed by atoms with Crippen LogP contribution in [0.25, 0.3) is 0 Å². The molecule has 1 heterocycles. The maximum absolute atomic E-state index is 11.9. The molecule has 0 atom stereocenters. The summed E-state index contributed by atoms with van der Waals surface area (Å²) in [7, 11) is 1.15. The molecule has 1 aromatic heterocycles. The Morgan fingerprint density at radius 3 is 2.55 bits per heavy atom. The van der Waals surface area contributed by atoms with Crippen molar-refractivity contribution in [3.05, 3.63) is 12.3 Å². The fraction of sp³-hybridized carbons (Fsp3) is 0.400. The van der Waals surface area contributed by atoms with Gasteiger partial charge >= 0.3 is 6.30 Å². The van der Waals surface area contributed by atoms with Crippen molar-refractivity contribution in [1.82, 2.24) is 9.78 Å². The van der Waals surface area contributed by atoms with E-state index in [0.29, 0.717) is 0 Å². The summed E-state index contributed by atoms with van der Waals surface area (Å²) in [5.74, 6) is -0.322.